The molecule has 2 aromatic rings. The number of aromatic nitrogens is 1. The van der Waals surface area contributed by atoms with Gasteiger partial charge in [0.25, 0.3) is 5.91 Å². The highest BCUT2D eigenvalue weighted by Crippen LogP contribution is 2.39. The summed E-state index contributed by atoms with van der Waals surface area (Å²) in [6.07, 6.45) is 1.94. The average molecular weight is 314 g/mol. The first-order chi connectivity index (χ1) is 11.0. The number of nitrogens with one attached hydrogen (secondary N) is 1. The van der Waals surface area contributed by atoms with Gasteiger partial charge in [0, 0.05) is 12.0 Å². The molecular weight excluding hydrogens is 296 g/mol. The molecule has 6 heteroatoms. The van der Waals surface area contributed by atoms with E-state index in [-0.39, 0.29) is 12.2 Å². The molecule has 3 rings (SSSR count). The van der Waals surface area contributed by atoms with Gasteiger partial charge in [-0.2, -0.15) is 0 Å². The zero-order chi connectivity index (χ0) is 16.4. The van der Waals surface area contributed by atoms with Crippen molar-refractivity contribution in [2.75, 3.05) is 0 Å². The Balaban J connectivity index is 1.78. The van der Waals surface area contributed by atoms with Crippen LogP contribution in [0.4, 0.5) is 0 Å². The predicted molar refractivity (Wildman–Crippen MR) is 82.1 cm³/mol. The van der Waals surface area contributed by atoms with Crippen LogP contribution in [-0.4, -0.2) is 22.1 Å². The first kappa shape index (κ1) is 15.3. The molecule has 2 N–H and O–H groups in total. The van der Waals surface area contributed by atoms with Crippen molar-refractivity contribution in [2.24, 2.45) is 0 Å². The van der Waals surface area contributed by atoms with E-state index < -0.39 is 17.9 Å². The molecule has 0 saturated heterocycles. The van der Waals surface area contributed by atoms with E-state index in [0.717, 1.165) is 29.7 Å². The highest BCUT2D eigenvalue weighted by Gasteiger charge is 2.29. The normalized spacial score (nSPS) is 15.2. The lowest BCUT2D eigenvalue weighted by atomic mass is 9.98. The number of carboxylic acids is 1. The van der Waals surface area contributed by atoms with E-state index in [1.54, 1.807) is 6.07 Å². The van der Waals surface area contributed by atoms with Gasteiger partial charge < -0.3 is 14.9 Å². The van der Waals surface area contributed by atoms with Gasteiger partial charge >= 0.3 is 5.97 Å². The molecule has 0 bridgehead atoms. The fourth-order valence-electron chi connectivity index (χ4n) is 2.59. The minimum Gasteiger partial charge on any atom is -0.481 e. The van der Waals surface area contributed by atoms with E-state index in [4.69, 9.17) is 9.63 Å². The summed E-state index contributed by atoms with van der Waals surface area (Å²) in [6.45, 7) is 1.88. The Morgan fingerprint density at radius 3 is 2.78 bits per heavy atom. The van der Waals surface area contributed by atoms with Crippen LogP contribution < -0.4 is 5.32 Å². The number of carbonyl (C=O) groups excluding carboxylic acids is 1. The summed E-state index contributed by atoms with van der Waals surface area (Å²) >= 11 is 0. The van der Waals surface area contributed by atoms with Crippen LogP contribution in [0.5, 0.6) is 0 Å². The molecule has 1 aliphatic rings. The van der Waals surface area contributed by atoms with Crippen molar-refractivity contribution in [1.82, 2.24) is 10.5 Å². The van der Waals surface area contributed by atoms with E-state index in [2.05, 4.69) is 10.5 Å². The molecule has 1 fully saturated rings. The van der Waals surface area contributed by atoms with Gasteiger partial charge in [-0.05, 0) is 30.9 Å². The standard InChI is InChI=1S/C17H18N2O4/c1-10-4-2-3-5-12(10)14(9-16(20)21)18-17(22)15-8-13(19-23-15)11-6-7-11/h2-5,8,11,14H,6-7,9H2,1H3,(H,18,22)(H,20,21). The third-order valence-electron chi connectivity index (χ3n) is 4.00. The maximum absolute atomic E-state index is 12.3. The Bertz CT molecular complexity index is 734. The monoisotopic (exact) mass is 314 g/mol. The lowest BCUT2D eigenvalue weighted by molar-refractivity contribution is -0.137. The molecule has 1 aromatic carbocycles. The molecular formula is C17H18N2O4. The van der Waals surface area contributed by atoms with Crippen LogP contribution in [0.2, 0.25) is 0 Å². The highest BCUT2D eigenvalue weighted by molar-refractivity contribution is 5.92. The lowest BCUT2D eigenvalue weighted by Crippen LogP contribution is -2.30. The molecule has 0 spiro atoms. The number of nitrogens with zero attached hydrogens (tertiary/aromatic N) is 1. The van der Waals surface area contributed by atoms with E-state index in [1.165, 1.54) is 0 Å². The van der Waals surface area contributed by atoms with Crippen LogP contribution in [0.1, 0.15) is 58.6 Å². The smallest absolute Gasteiger partial charge is 0.305 e. The number of amides is 1. The molecule has 0 aliphatic heterocycles. The molecule has 120 valence electrons. The molecule has 23 heavy (non-hydrogen) atoms. The van der Waals surface area contributed by atoms with Crippen LogP contribution in [0, 0.1) is 6.92 Å². The fourth-order valence-corrected chi connectivity index (χ4v) is 2.59. The van der Waals surface area contributed by atoms with Gasteiger partial charge in [0.05, 0.1) is 18.2 Å². The van der Waals surface area contributed by atoms with E-state index in [9.17, 15) is 9.59 Å². The third kappa shape index (κ3) is 3.59. The van der Waals surface area contributed by atoms with Crippen LogP contribution in [0.15, 0.2) is 34.9 Å². The zero-order valence-corrected chi connectivity index (χ0v) is 12.8. The first-order valence-corrected chi connectivity index (χ1v) is 7.59. The predicted octanol–water partition coefficient (Wildman–Crippen LogP) is 2.81. The molecule has 1 unspecified atom stereocenters. The van der Waals surface area contributed by atoms with Gasteiger partial charge in [-0.3, -0.25) is 9.59 Å². The number of carboxylic acid groups (broad SMARTS) is 1. The van der Waals surface area contributed by atoms with Crippen LogP contribution in [-0.2, 0) is 4.79 Å². The quantitative estimate of drug-likeness (QED) is 0.855. The number of aryl methyl sites for hydroxylation is 1. The minimum absolute atomic E-state index is 0.121. The summed E-state index contributed by atoms with van der Waals surface area (Å²) < 4.78 is 5.09. The van der Waals surface area contributed by atoms with Gasteiger partial charge in [-0.15, -0.1) is 0 Å². The first-order valence-electron chi connectivity index (χ1n) is 7.59. The third-order valence-corrected chi connectivity index (χ3v) is 4.00. The van der Waals surface area contributed by atoms with E-state index in [0.29, 0.717) is 5.92 Å². The molecule has 1 saturated carbocycles. The molecule has 1 aromatic heterocycles. The number of benzene rings is 1. The van der Waals surface area contributed by atoms with Crippen LogP contribution >= 0.6 is 0 Å². The second kappa shape index (κ2) is 6.24. The second-order valence-electron chi connectivity index (χ2n) is 5.87. The molecule has 0 radical (unpaired) electrons. The van der Waals surface area contributed by atoms with Crippen molar-refractivity contribution in [2.45, 2.75) is 38.1 Å². The Morgan fingerprint density at radius 1 is 1.39 bits per heavy atom. The summed E-state index contributed by atoms with van der Waals surface area (Å²) in [5.41, 5.74) is 2.50. The topological polar surface area (TPSA) is 92.4 Å². The Kier molecular flexibility index (Phi) is 4.14. The lowest BCUT2D eigenvalue weighted by Gasteiger charge is -2.18. The van der Waals surface area contributed by atoms with E-state index in [1.807, 2.05) is 31.2 Å². The number of hydrogen-bond acceptors (Lipinski definition) is 4. The minimum atomic E-state index is -0.977. The summed E-state index contributed by atoms with van der Waals surface area (Å²) in [5.74, 6) is -0.906. The largest absolute Gasteiger partial charge is 0.481 e. The maximum Gasteiger partial charge on any atom is 0.305 e. The molecule has 1 amide bonds. The highest BCUT2D eigenvalue weighted by atomic mass is 16.5. The van der Waals surface area contributed by atoms with Crippen molar-refractivity contribution in [3.8, 4) is 0 Å². The van der Waals surface area contributed by atoms with Gasteiger partial charge in [0.15, 0.2) is 0 Å². The van der Waals surface area contributed by atoms with Crippen molar-refractivity contribution >= 4 is 11.9 Å². The van der Waals surface area contributed by atoms with Gasteiger partial charge in [-0.25, -0.2) is 0 Å². The van der Waals surface area contributed by atoms with Crippen molar-refractivity contribution in [3.63, 3.8) is 0 Å². The maximum atomic E-state index is 12.3. The Labute approximate surface area is 133 Å². The SMILES string of the molecule is Cc1ccccc1C(CC(=O)O)NC(=O)c1cc(C2CC2)no1. The van der Waals surface area contributed by atoms with Crippen molar-refractivity contribution < 1.29 is 19.2 Å². The van der Waals surface area contributed by atoms with Crippen molar-refractivity contribution in [1.29, 1.82) is 0 Å². The number of rotatable bonds is 6. The number of aliphatic carboxylic acids is 1. The molecule has 1 atom stereocenters. The molecule has 6 nitrogen and oxygen atoms in total. The van der Waals surface area contributed by atoms with Crippen LogP contribution in [0.25, 0.3) is 0 Å². The number of carbonyl (C=O) groups is 2. The molecule has 1 heterocycles. The van der Waals surface area contributed by atoms with E-state index >= 15 is 0 Å². The fraction of sp³-hybridized carbons (Fsp3) is 0.353. The Morgan fingerprint density at radius 2 is 2.13 bits per heavy atom. The van der Waals surface area contributed by atoms with Gasteiger partial charge in [-0.1, -0.05) is 29.4 Å². The average Bonchev–Trinajstić information content (AvgIpc) is 3.24. The Hall–Kier alpha value is -2.63. The van der Waals surface area contributed by atoms with Crippen molar-refractivity contribution in [3.05, 3.63) is 52.9 Å². The summed E-state index contributed by atoms with van der Waals surface area (Å²) in [6, 6.07) is 8.42. The summed E-state index contributed by atoms with van der Waals surface area (Å²) in [4.78, 5) is 23.5. The van der Waals surface area contributed by atoms with Crippen LogP contribution in [0.3, 0.4) is 0 Å². The zero-order valence-electron chi connectivity index (χ0n) is 12.8. The molecule has 1 aliphatic carbocycles. The second-order valence-corrected chi connectivity index (χ2v) is 5.87. The summed E-state index contributed by atoms with van der Waals surface area (Å²) in [7, 11) is 0. The summed E-state index contributed by atoms with van der Waals surface area (Å²) in [5, 5.41) is 15.8. The van der Waals surface area contributed by atoms with Gasteiger partial charge in [0.1, 0.15) is 0 Å². The number of hydrogen-bond donors (Lipinski definition) is 2. The van der Waals surface area contributed by atoms with Gasteiger partial charge in [0.2, 0.25) is 5.76 Å².